The van der Waals surface area contributed by atoms with Crippen LogP contribution in [0.1, 0.15) is 32.1 Å². The zero-order valence-electron chi connectivity index (χ0n) is 12.8. The first-order valence-corrected chi connectivity index (χ1v) is 9.56. The second kappa shape index (κ2) is 6.36. The van der Waals surface area contributed by atoms with Crippen LogP contribution in [-0.4, -0.2) is 26.8 Å². The standard InChI is InChI=1S/C16H20FN3O2S/c17-15-6-5-14(19-13-4-1-3-12(9-13)11-18)10-16(15)20-7-2-8-23(20,21)22/h5-6,10,12-13,19H,1-4,7-9H2/t12-,13+/m0/s1. The number of nitrogens with one attached hydrogen (secondary N) is 1. The highest BCUT2D eigenvalue weighted by Crippen LogP contribution is 2.31. The SMILES string of the molecule is N#C[C@H]1CCC[C@@H](Nc2ccc(F)c(N3CCCS3(=O)=O)c2)C1. The molecule has 0 amide bonds. The fraction of sp³-hybridized carbons (Fsp3) is 0.562. The third-order valence-corrected chi connectivity index (χ3v) is 6.40. The van der Waals surface area contributed by atoms with Gasteiger partial charge in [-0.3, -0.25) is 4.31 Å². The fourth-order valence-electron chi connectivity index (χ4n) is 3.38. The Labute approximate surface area is 136 Å². The van der Waals surface area contributed by atoms with Gasteiger partial charge in [0.2, 0.25) is 10.0 Å². The molecule has 0 bridgehead atoms. The lowest BCUT2D eigenvalue weighted by Gasteiger charge is -2.27. The Balaban J connectivity index is 1.79. The van der Waals surface area contributed by atoms with Crippen LogP contribution in [0.15, 0.2) is 18.2 Å². The Morgan fingerprint density at radius 1 is 1.30 bits per heavy atom. The average molecular weight is 337 g/mol. The molecule has 1 aliphatic carbocycles. The Bertz CT molecular complexity index is 729. The molecule has 0 unspecified atom stereocenters. The van der Waals surface area contributed by atoms with Gasteiger partial charge in [0.25, 0.3) is 0 Å². The van der Waals surface area contributed by atoms with Gasteiger partial charge in [0.05, 0.1) is 17.5 Å². The summed E-state index contributed by atoms with van der Waals surface area (Å²) in [7, 11) is -3.40. The minimum atomic E-state index is -3.40. The van der Waals surface area contributed by atoms with Crippen LogP contribution < -0.4 is 9.62 Å². The van der Waals surface area contributed by atoms with Crippen molar-refractivity contribution in [3.05, 3.63) is 24.0 Å². The van der Waals surface area contributed by atoms with E-state index >= 15 is 0 Å². The largest absolute Gasteiger partial charge is 0.382 e. The molecular formula is C16H20FN3O2S. The number of benzene rings is 1. The molecule has 3 rings (SSSR count). The van der Waals surface area contributed by atoms with Gasteiger partial charge < -0.3 is 5.32 Å². The van der Waals surface area contributed by atoms with Crippen molar-refractivity contribution < 1.29 is 12.8 Å². The molecule has 1 saturated heterocycles. The van der Waals surface area contributed by atoms with E-state index in [1.807, 2.05) is 0 Å². The fourth-order valence-corrected chi connectivity index (χ4v) is 4.94. The summed E-state index contributed by atoms with van der Waals surface area (Å²) in [4.78, 5) is 0. The molecular weight excluding hydrogens is 317 g/mol. The number of nitriles is 1. The molecule has 0 radical (unpaired) electrons. The van der Waals surface area contributed by atoms with Gasteiger partial charge in [0, 0.05) is 24.2 Å². The van der Waals surface area contributed by atoms with E-state index in [4.69, 9.17) is 5.26 Å². The van der Waals surface area contributed by atoms with Gasteiger partial charge in [0.15, 0.2) is 0 Å². The van der Waals surface area contributed by atoms with Crippen molar-refractivity contribution in [2.75, 3.05) is 21.9 Å². The molecule has 23 heavy (non-hydrogen) atoms. The highest BCUT2D eigenvalue weighted by Gasteiger charge is 2.30. The Morgan fingerprint density at radius 3 is 2.83 bits per heavy atom. The van der Waals surface area contributed by atoms with Crippen LogP contribution in [-0.2, 0) is 10.0 Å². The van der Waals surface area contributed by atoms with Crippen LogP contribution in [0.5, 0.6) is 0 Å². The predicted octanol–water partition coefficient (Wildman–Crippen LogP) is 2.86. The highest BCUT2D eigenvalue weighted by molar-refractivity contribution is 7.93. The van der Waals surface area contributed by atoms with Crippen molar-refractivity contribution >= 4 is 21.4 Å². The first-order valence-electron chi connectivity index (χ1n) is 7.96. The third kappa shape index (κ3) is 3.42. The normalized spacial score (nSPS) is 26.7. The number of hydrogen-bond acceptors (Lipinski definition) is 4. The molecule has 1 aromatic rings. The van der Waals surface area contributed by atoms with Gasteiger partial charge in [0.1, 0.15) is 5.82 Å². The summed E-state index contributed by atoms with van der Waals surface area (Å²) in [6, 6.07) is 6.96. The van der Waals surface area contributed by atoms with Crippen molar-refractivity contribution in [3.63, 3.8) is 0 Å². The molecule has 2 fully saturated rings. The molecule has 2 atom stereocenters. The summed E-state index contributed by atoms with van der Waals surface area (Å²) in [5.74, 6) is -0.406. The molecule has 5 nitrogen and oxygen atoms in total. The highest BCUT2D eigenvalue weighted by atomic mass is 32.2. The molecule has 1 saturated carbocycles. The molecule has 0 aromatic heterocycles. The van der Waals surface area contributed by atoms with Crippen LogP contribution in [0.25, 0.3) is 0 Å². The third-order valence-electron chi connectivity index (χ3n) is 4.54. The van der Waals surface area contributed by atoms with Crippen molar-refractivity contribution in [2.24, 2.45) is 5.92 Å². The summed E-state index contributed by atoms with van der Waals surface area (Å²) in [6.07, 6.45) is 4.17. The van der Waals surface area contributed by atoms with Crippen LogP contribution in [0.3, 0.4) is 0 Å². The average Bonchev–Trinajstić information content (AvgIpc) is 2.88. The van der Waals surface area contributed by atoms with Crippen LogP contribution in [0, 0.1) is 23.1 Å². The van der Waals surface area contributed by atoms with E-state index in [2.05, 4.69) is 11.4 Å². The van der Waals surface area contributed by atoms with Crippen molar-refractivity contribution in [3.8, 4) is 6.07 Å². The lowest BCUT2D eigenvalue weighted by Crippen LogP contribution is -2.28. The quantitative estimate of drug-likeness (QED) is 0.920. The van der Waals surface area contributed by atoms with E-state index in [0.29, 0.717) is 18.7 Å². The monoisotopic (exact) mass is 337 g/mol. The lowest BCUT2D eigenvalue weighted by atomic mass is 9.86. The van der Waals surface area contributed by atoms with E-state index in [0.717, 1.165) is 30.0 Å². The van der Waals surface area contributed by atoms with Crippen molar-refractivity contribution in [1.29, 1.82) is 5.26 Å². The first-order chi connectivity index (χ1) is 11.0. The lowest BCUT2D eigenvalue weighted by molar-refractivity contribution is 0.395. The second-order valence-corrected chi connectivity index (χ2v) is 8.25. The number of anilines is 2. The minimum Gasteiger partial charge on any atom is -0.382 e. The molecule has 1 aromatic carbocycles. The minimum absolute atomic E-state index is 0.0557. The van der Waals surface area contributed by atoms with Gasteiger partial charge in [-0.1, -0.05) is 6.42 Å². The number of hydrogen-bond donors (Lipinski definition) is 1. The van der Waals surface area contributed by atoms with Gasteiger partial charge >= 0.3 is 0 Å². The molecule has 124 valence electrons. The van der Waals surface area contributed by atoms with Crippen molar-refractivity contribution in [2.45, 2.75) is 38.1 Å². The van der Waals surface area contributed by atoms with E-state index in [9.17, 15) is 12.8 Å². The zero-order valence-corrected chi connectivity index (χ0v) is 13.7. The first kappa shape index (κ1) is 16.1. The summed E-state index contributed by atoms with van der Waals surface area (Å²) < 4.78 is 39.2. The second-order valence-electron chi connectivity index (χ2n) is 6.24. The van der Waals surface area contributed by atoms with E-state index in [1.165, 1.54) is 6.07 Å². The summed E-state index contributed by atoms with van der Waals surface area (Å²) >= 11 is 0. The molecule has 1 heterocycles. The summed E-state index contributed by atoms with van der Waals surface area (Å²) in [6.45, 7) is 0.322. The number of halogens is 1. The molecule has 7 heteroatoms. The van der Waals surface area contributed by atoms with Gasteiger partial charge in [-0.25, -0.2) is 12.8 Å². The van der Waals surface area contributed by atoms with Gasteiger partial charge in [-0.15, -0.1) is 0 Å². The van der Waals surface area contributed by atoms with Crippen LogP contribution in [0.2, 0.25) is 0 Å². The van der Waals surface area contributed by atoms with E-state index in [-0.39, 0.29) is 23.4 Å². The number of sulfonamides is 1. The van der Waals surface area contributed by atoms with E-state index in [1.54, 1.807) is 12.1 Å². The van der Waals surface area contributed by atoms with Crippen LogP contribution in [0.4, 0.5) is 15.8 Å². The zero-order chi connectivity index (χ0) is 16.4. The summed E-state index contributed by atoms with van der Waals surface area (Å²) in [5.41, 5.74) is 0.812. The predicted molar refractivity (Wildman–Crippen MR) is 87.1 cm³/mol. The topological polar surface area (TPSA) is 73.2 Å². The maximum Gasteiger partial charge on any atom is 0.235 e. The molecule has 2 aliphatic rings. The number of rotatable bonds is 3. The summed E-state index contributed by atoms with van der Waals surface area (Å²) in [5, 5.41) is 12.4. The van der Waals surface area contributed by atoms with E-state index < -0.39 is 15.8 Å². The van der Waals surface area contributed by atoms with Gasteiger partial charge in [-0.2, -0.15) is 5.26 Å². The Hall–Kier alpha value is -1.81. The molecule has 1 N–H and O–H groups in total. The smallest absolute Gasteiger partial charge is 0.235 e. The molecule has 0 spiro atoms. The van der Waals surface area contributed by atoms with Crippen LogP contribution >= 0.6 is 0 Å². The number of nitrogens with zero attached hydrogens (tertiary/aromatic N) is 2. The Kier molecular flexibility index (Phi) is 4.44. The van der Waals surface area contributed by atoms with Crippen molar-refractivity contribution in [1.82, 2.24) is 0 Å². The maximum absolute atomic E-state index is 14.1. The molecule has 1 aliphatic heterocycles. The van der Waals surface area contributed by atoms with Gasteiger partial charge in [-0.05, 0) is 43.9 Å². The Morgan fingerprint density at radius 2 is 2.13 bits per heavy atom. The maximum atomic E-state index is 14.1.